The van der Waals surface area contributed by atoms with Crippen LogP contribution in [0, 0.1) is 0 Å². The summed E-state index contributed by atoms with van der Waals surface area (Å²) in [5, 5.41) is 7.69. The Hall–Kier alpha value is -1.10. The second kappa shape index (κ2) is 5.90. The Balaban J connectivity index is 1.75. The molecular weight excluding hydrogens is 260 g/mol. The predicted molar refractivity (Wildman–Crippen MR) is 78.8 cm³/mol. The number of halogens is 1. The topological polar surface area (TPSA) is 39.7 Å². The lowest BCUT2D eigenvalue weighted by atomic mass is 10.1. The first-order chi connectivity index (χ1) is 9.34. The Morgan fingerprint density at radius 3 is 3.00 bits per heavy atom. The maximum absolute atomic E-state index is 6.26. The normalized spacial score (nSPS) is 24.1. The van der Waals surface area contributed by atoms with Crippen molar-refractivity contribution in [2.24, 2.45) is 4.99 Å². The van der Waals surface area contributed by atoms with E-state index in [-0.39, 0.29) is 0 Å². The van der Waals surface area contributed by atoms with E-state index in [1.807, 2.05) is 18.2 Å². The average Bonchev–Trinajstić information content (AvgIpc) is 2.96. The third-order valence-electron chi connectivity index (χ3n) is 3.70. The number of hydrogen-bond acceptors (Lipinski definition) is 4. The SMILES string of the molecule is Clc1ccccc1CN1CCNCC1C1=NCCN1. The molecule has 102 valence electrons. The highest BCUT2D eigenvalue weighted by atomic mass is 35.5. The van der Waals surface area contributed by atoms with Crippen LogP contribution in [0.4, 0.5) is 0 Å². The molecule has 1 aromatic carbocycles. The molecule has 1 saturated heterocycles. The molecule has 0 saturated carbocycles. The molecule has 2 aliphatic heterocycles. The van der Waals surface area contributed by atoms with Crippen molar-refractivity contribution in [1.29, 1.82) is 0 Å². The smallest absolute Gasteiger partial charge is 0.115 e. The number of piperazine rings is 1. The summed E-state index contributed by atoms with van der Waals surface area (Å²) in [7, 11) is 0. The number of hydrogen-bond donors (Lipinski definition) is 2. The van der Waals surface area contributed by atoms with Crippen LogP contribution < -0.4 is 10.6 Å². The van der Waals surface area contributed by atoms with Crippen LogP contribution in [0.3, 0.4) is 0 Å². The maximum Gasteiger partial charge on any atom is 0.115 e. The highest BCUT2D eigenvalue weighted by Crippen LogP contribution is 2.19. The molecule has 2 N–H and O–H groups in total. The van der Waals surface area contributed by atoms with E-state index in [9.17, 15) is 0 Å². The van der Waals surface area contributed by atoms with Crippen LogP contribution >= 0.6 is 11.6 Å². The van der Waals surface area contributed by atoms with Crippen LogP contribution in [0.1, 0.15) is 5.56 Å². The van der Waals surface area contributed by atoms with Crippen LogP contribution in [0.2, 0.25) is 5.02 Å². The van der Waals surface area contributed by atoms with Gasteiger partial charge in [-0.1, -0.05) is 29.8 Å². The Morgan fingerprint density at radius 2 is 2.21 bits per heavy atom. The van der Waals surface area contributed by atoms with Gasteiger partial charge < -0.3 is 10.6 Å². The Bertz CT molecular complexity index is 474. The molecule has 1 aromatic rings. The number of nitrogens with zero attached hydrogens (tertiary/aromatic N) is 2. The van der Waals surface area contributed by atoms with Gasteiger partial charge in [-0.05, 0) is 11.6 Å². The van der Waals surface area contributed by atoms with Crippen molar-refractivity contribution < 1.29 is 0 Å². The number of nitrogens with one attached hydrogen (secondary N) is 2. The maximum atomic E-state index is 6.26. The zero-order valence-corrected chi connectivity index (χ0v) is 11.7. The molecule has 0 aromatic heterocycles. The summed E-state index contributed by atoms with van der Waals surface area (Å²) in [4.78, 5) is 7.02. The molecule has 3 rings (SSSR count). The van der Waals surface area contributed by atoms with Crippen LogP contribution in [0.25, 0.3) is 0 Å². The van der Waals surface area contributed by atoms with Gasteiger partial charge >= 0.3 is 0 Å². The summed E-state index contributed by atoms with van der Waals surface area (Å²) in [5.41, 5.74) is 1.19. The fourth-order valence-electron chi connectivity index (χ4n) is 2.69. The van der Waals surface area contributed by atoms with Gasteiger partial charge in [-0.2, -0.15) is 0 Å². The summed E-state index contributed by atoms with van der Waals surface area (Å²) in [6, 6.07) is 8.42. The first-order valence-corrected chi connectivity index (χ1v) is 7.19. The molecule has 0 radical (unpaired) electrons. The third-order valence-corrected chi connectivity index (χ3v) is 4.07. The lowest BCUT2D eigenvalue weighted by Gasteiger charge is -2.36. The summed E-state index contributed by atoms with van der Waals surface area (Å²) in [6.45, 7) is 5.74. The van der Waals surface area contributed by atoms with Gasteiger partial charge in [-0.15, -0.1) is 0 Å². The molecule has 0 amide bonds. The van der Waals surface area contributed by atoms with E-state index in [2.05, 4.69) is 26.6 Å². The van der Waals surface area contributed by atoms with Crippen molar-refractivity contribution in [3.05, 3.63) is 34.9 Å². The van der Waals surface area contributed by atoms with Crippen molar-refractivity contribution >= 4 is 17.4 Å². The van der Waals surface area contributed by atoms with Crippen molar-refractivity contribution in [2.75, 3.05) is 32.7 Å². The van der Waals surface area contributed by atoms with E-state index >= 15 is 0 Å². The van der Waals surface area contributed by atoms with Crippen molar-refractivity contribution in [2.45, 2.75) is 12.6 Å². The molecule has 2 aliphatic rings. The molecule has 0 aliphatic carbocycles. The van der Waals surface area contributed by atoms with Gasteiger partial charge in [-0.25, -0.2) is 0 Å². The Labute approximate surface area is 118 Å². The second-order valence-electron chi connectivity index (χ2n) is 4.98. The summed E-state index contributed by atoms with van der Waals surface area (Å²) >= 11 is 6.26. The van der Waals surface area contributed by atoms with Crippen LogP contribution in [-0.4, -0.2) is 49.5 Å². The lowest BCUT2D eigenvalue weighted by molar-refractivity contribution is 0.195. The first-order valence-electron chi connectivity index (χ1n) is 6.81. The second-order valence-corrected chi connectivity index (χ2v) is 5.38. The minimum absolute atomic E-state index is 0.340. The van der Waals surface area contributed by atoms with Crippen LogP contribution in [0.5, 0.6) is 0 Å². The van der Waals surface area contributed by atoms with Crippen LogP contribution in [-0.2, 0) is 6.54 Å². The van der Waals surface area contributed by atoms with E-state index < -0.39 is 0 Å². The molecule has 4 nitrogen and oxygen atoms in total. The minimum atomic E-state index is 0.340. The number of aliphatic imine (C=N–C) groups is 1. The fraction of sp³-hybridized carbons (Fsp3) is 0.500. The molecule has 1 atom stereocenters. The van der Waals surface area contributed by atoms with Gasteiger partial charge in [0.2, 0.25) is 0 Å². The van der Waals surface area contributed by atoms with Gasteiger partial charge in [0, 0.05) is 37.7 Å². The van der Waals surface area contributed by atoms with E-state index in [1.165, 1.54) is 5.56 Å². The molecular formula is C14H19ClN4. The van der Waals surface area contributed by atoms with Gasteiger partial charge in [0.15, 0.2) is 0 Å². The van der Waals surface area contributed by atoms with E-state index in [0.29, 0.717) is 6.04 Å². The third kappa shape index (κ3) is 2.91. The largest absolute Gasteiger partial charge is 0.371 e. The van der Waals surface area contributed by atoms with Crippen molar-refractivity contribution in [1.82, 2.24) is 15.5 Å². The zero-order chi connectivity index (χ0) is 13.1. The Morgan fingerprint density at radius 1 is 1.32 bits per heavy atom. The number of rotatable bonds is 3. The van der Waals surface area contributed by atoms with Gasteiger partial charge in [0.25, 0.3) is 0 Å². The molecule has 2 heterocycles. The minimum Gasteiger partial charge on any atom is -0.371 e. The number of amidine groups is 1. The van der Waals surface area contributed by atoms with Crippen molar-refractivity contribution in [3.63, 3.8) is 0 Å². The molecule has 0 bridgehead atoms. The molecule has 1 unspecified atom stereocenters. The van der Waals surface area contributed by atoms with Crippen LogP contribution in [0.15, 0.2) is 29.3 Å². The van der Waals surface area contributed by atoms with E-state index in [4.69, 9.17) is 11.6 Å². The summed E-state index contributed by atoms with van der Waals surface area (Å²) in [6.07, 6.45) is 0. The van der Waals surface area contributed by atoms with E-state index in [1.54, 1.807) is 0 Å². The first kappa shape index (κ1) is 12.9. The average molecular weight is 279 g/mol. The molecule has 5 heteroatoms. The Kier molecular flexibility index (Phi) is 4.01. The number of benzene rings is 1. The van der Waals surface area contributed by atoms with Gasteiger partial charge in [0.1, 0.15) is 5.84 Å². The zero-order valence-electron chi connectivity index (χ0n) is 10.9. The van der Waals surface area contributed by atoms with E-state index in [0.717, 1.165) is 50.1 Å². The monoisotopic (exact) mass is 278 g/mol. The highest BCUT2D eigenvalue weighted by Gasteiger charge is 2.28. The standard InChI is InChI=1S/C14H19ClN4/c15-12-4-2-1-3-11(12)10-19-8-7-16-9-13(19)14-17-5-6-18-14/h1-4,13,16H,5-10H2,(H,17,18). The molecule has 1 fully saturated rings. The molecule has 0 spiro atoms. The van der Waals surface area contributed by atoms with Gasteiger partial charge in [0.05, 0.1) is 12.6 Å². The highest BCUT2D eigenvalue weighted by molar-refractivity contribution is 6.31. The summed E-state index contributed by atoms with van der Waals surface area (Å²) < 4.78 is 0. The molecule has 19 heavy (non-hydrogen) atoms. The van der Waals surface area contributed by atoms with Crippen molar-refractivity contribution in [3.8, 4) is 0 Å². The lowest BCUT2D eigenvalue weighted by Crippen LogP contribution is -2.56. The quantitative estimate of drug-likeness (QED) is 0.870. The summed E-state index contributed by atoms with van der Waals surface area (Å²) in [5.74, 6) is 1.12. The fourth-order valence-corrected chi connectivity index (χ4v) is 2.89. The van der Waals surface area contributed by atoms with Gasteiger partial charge in [-0.3, -0.25) is 9.89 Å². The predicted octanol–water partition coefficient (Wildman–Crippen LogP) is 1.12.